The molecule has 0 bridgehead atoms. The molecule has 4 nitrogen and oxygen atoms in total. The van der Waals surface area contributed by atoms with E-state index in [2.05, 4.69) is 4.98 Å². The first-order valence-corrected chi connectivity index (χ1v) is 10.7. The molecule has 0 unspecified atom stereocenters. The number of hydrogen-bond acceptors (Lipinski definition) is 5. The molecule has 0 saturated carbocycles. The maximum Gasteiger partial charge on any atom is 0.367 e. The van der Waals surface area contributed by atoms with Gasteiger partial charge in [0.05, 0.1) is 18.5 Å². The molecule has 0 amide bonds. The SMILES string of the molecule is CCOC(=O)c1nc(CP(=O)(c2ccccc2)c2ccccc2)cs1. The van der Waals surface area contributed by atoms with Crippen molar-refractivity contribution in [3.8, 4) is 0 Å². The summed E-state index contributed by atoms with van der Waals surface area (Å²) in [6.45, 7) is 2.06. The summed E-state index contributed by atoms with van der Waals surface area (Å²) in [6.07, 6.45) is 0.275. The second kappa shape index (κ2) is 7.77. The molecule has 0 aliphatic carbocycles. The van der Waals surface area contributed by atoms with Crippen LogP contribution in [0.25, 0.3) is 0 Å². The van der Waals surface area contributed by atoms with Crippen LogP contribution >= 0.6 is 18.5 Å². The lowest BCUT2D eigenvalue weighted by atomic mass is 10.4. The smallest absolute Gasteiger partial charge is 0.367 e. The van der Waals surface area contributed by atoms with Crippen molar-refractivity contribution in [1.82, 2.24) is 4.98 Å². The van der Waals surface area contributed by atoms with E-state index in [1.54, 1.807) is 12.3 Å². The molecule has 2 aromatic carbocycles. The lowest BCUT2D eigenvalue weighted by Crippen LogP contribution is -2.17. The van der Waals surface area contributed by atoms with Gasteiger partial charge in [-0.25, -0.2) is 9.78 Å². The summed E-state index contributed by atoms with van der Waals surface area (Å²) in [5.74, 6) is -0.437. The Labute approximate surface area is 150 Å². The van der Waals surface area contributed by atoms with Gasteiger partial charge in [-0.05, 0) is 6.92 Å². The summed E-state index contributed by atoms with van der Waals surface area (Å²) in [7, 11) is -2.89. The van der Waals surface area contributed by atoms with Crippen molar-refractivity contribution in [1.29, 1.82) is 0 Å². The molecule has 0 atom stereocenters. The van der Waals surface area contributed by atoms with Gasteiger partial charge in [-0.15, -0.1) is 11.3 Å². The van der Waals surface area contributed by atoms with Gasteiger partial charge in [-0.2, -0.15) is 0 Å². The van der Waals surface area contributed by atoms with E-state index < -0.39 is 13.1 Å². The molecule has 128 valence electrons. The highest BCUT2D eigenvalue weighted by atomic mass is 32.1. The van der Waals surface area contributed by atoms with Crippen LogP contribution in [-0.4, -0.2) is 17.6 Å². The Hall–Kier alpha value is -2.23. The molecule has 0 spiro atoms. The number of carbonyl (C=O) groups is 1. The monoisotopic (exact) mass is 371 g/mol. The minimum Gasteiger partial charge on any atom is -0.461 e. The van der Waals surface area contributed by atoms with Gasteiger partial charge in [-0.3, -0.25) is 0 Å². The van der Waals surface area contributed by atoms with Crippen molar-refractivity contribution in [3.05, 3.63) is 76.7 Å². The molecular weight excluding hydrogens is 353 g/mol. The number of aromatic nitrogens is 1. The maximum atomic E-state index is 13.9. The first-order valence-electron chi connectivity index (χ1n) is 7.95. The summed E-state index contributed by atoms with van der Waals surface area (Å²) >= 11 is 1.22. The summed E-state index contributed by atoms with van der Waals surface area (Å²) in [4.78, 5) is 16.2. The second-order valence-electron chi connectivity index (χ2n) is 5.43. The van der Waals surface area contributed by atoms with Crippen LogP contribution in [0.5, 0.6) is 0 Å². The first-order chi connectivity index (χ1) is 12.1. The standard InChI is InChI=1S/C19H18NO3PS/c1-2-23-19(21)18-20-15(14-25-18)13-24(22,16-9-5-3-6-10-16)17-11-7-4-8-12-17/h3-12,14H,2,13H2,1H3. The molecule has 0 radical (unpaired) electrons. The lowest BCUT2D eigenvalue weighted by Gasteiger charge is -2.18. The molecule has 25 heavy (non-hydrogen) atoms. The second-order valence-corrected chi connectivity index (χ2v) is 9.12. The molecule has 3 aromatic rings. The van der Waals surface area contributed by atoms with E-state index in [9.17, 15) is 9.36 Å². The van der Waals surface area contributed by atoms with E-state index in [4.69, 9.17) is 4.74 Å². The van der Waals surface area contributed by atoms with Gasteiger partial charge in [0.1, 0.15) is 7.14 Å². The third-order valence-corrected chi connectivity index (χ3v) is 7.64. The summed E-state index contributed by atoms with van der Waals surface area (Å²) in [6, 6.07) is 18.9. The quantitative estimate of drug-likeness (QED) is 0.488. The topological polar surface area (TPSA) is 56.3 Å². The van der Waals surface area contributed by atoms with Crippen LogP contribution in [0.4, 0.5) is 0 Å². The Balaban J connectivity index is 1.97. The predicted octanol–water partition coefficient (Wildman–Crippen LogP) is 3.83. The Kier molecular flexibility index (Phi) is 5.47. The number of ether oxygens (including phenoxy) is 1. The fourth-order valence-corrected chi connectivity index (χ4v) is 5.98. The number of benzene rings is 2. The van der Waals surface area contributed by atoms with Crippen LogP contribution in [0.2, 0.25) is 0 Å². The number of thiazole rings is 1. The van der Waals surface area contributed by atoms with Gasteiger partial charge in [0.15, 0.2) is 0 Å². The average Bonchev–Trinajstić information content (AvgIpc) is 3.12. The van der Waals surface area contributed by atoms with Crippen LogP contribution in [0.1, 0.15) is 22.4 Å². The van der Waals surface area contributed by atoms with Crippen LogP contribution < -0.4 is 10.6 Å². The van der Waals surface area contributed by atoms with Crippen LogP contribution in [0.15, 0.2) is 66.0 Å². The zero-order chi connectivity index (χ0) is 17.7. The lowest BCUT2D eigenvalue weighted by molar-refractivity contribution is 0.0525. The van der Waals surface area contributed by atoms with E-state index in [0.29, 0.717) is 17.3 Å². The number of hydrogen-bond donors (Lipinski definition) is 0. The van der Waals surface area contributed by atoms with Gasteiger partial charge >= 0.3 is 5.97 Å². The van der Waals surface area contributed by atoms with E-state index in [-0.39, 0.29) is 6.16 Å². The van der Waals surface area contributed by atoms with E-state index in [0.717, 1.165) is 10.6 Å². The van der Waals surface area contributed by atoms with Gasteiger partial charge in [0.2, 0.25) is 5.01 Å². The molecule has 0 saturated heterocycles. The highest BCUT2D eigenvalue weighted by molar-refractivity contribution is 7.78. The minimum absolute atomic E-state index is 0.275. The van der Waals surface area contributed by atoms with E-state index in [1.807, 2.05) is 60.7 Å². The first kappa shape index (κ1) is 17.6. The molecule has 0 aliphatic heterocycles. The average molecular weight is 371 g/mol. The van der Waals surface area contributed by atoms with Gasteiger partial charge in [0, 0.05) is 16.0 Å². The van der Waals surface area contributed by atoms with Crippen molar-refractivity contribution in [2.24, 2.45) is 0 Å². The van der Waals surface area contributed by atoms with Crippen molar-refractivity contribution in [3.63, 3.8) is 0 Å². The zero-order valence-corrected chi connectivity index (χ0v) is 15.5. The maximum absolute atomic E-state index is 13.9. The highest BCUT2D eigenvalue weighted by Gasteiger charge is 2.29. The Morgan fingerprint density at radius 2 is 1.60 bits per heavy atom. The summed E-state index contributed by atoms with van der Waals surface area (Å²) in [5, 5.41) is 3.65. The van der Waals surface area contributed by atoms with Crippen LogP contribution in [0.3, 0.4) is 0 Å². The summed E-state index contributed by atoms with van der Waals surface area (Å²) < 4.78 is 18.9. The third-order valence-electron chi connectivity index (χ3n) is 3.73. The molecule has 0 fully saturated rings. The molecule has 6 heteroatoms. The Bertz CT molecular complexity index is 850. The Morgan fingerprint density at radius 3 is 2.12 bits per heavy atom. The fourth-order valence-electron chi connectivity index (χ4n) is 2.56. The number of rotatable bonds is 6. The van der Waals surface area contributed by atoms with Crippen molar-refractivity contribution >= 4 is 35.1 Å². The Morgan fingerprint density at radius 1 is 1.04 bits per heavy atom. The fraction of sp³-hybridized carbons (Fsp3) is 0.158. The predicted molar refractivity (Wildman–Crippen MR) is 102 cm³/mol. The number of esters is 1. The third kappa shape index (κ3) is 3.89. The zero-order valence-electron chi connectivity index (χ0n) is 13.8. The van der Waals surface area contributed by atoms with Crippen molar-refractivity contribution in [2.45, 2.75) is 13.1 Å². The molecule has 1 aromatic heterocycles. The van der Waals surface area contributed by atoms with Crippen LogP contribution in [-0.2, 0) is 15.5 Å². The molecular formula is C19H18NO3PS. The van der Waals surface area contributed by atoms with Crippen molar-refractivity contribution < 1.29 is 14.1 Å². The largest absolute Gasteiger partial charge is 0.461 e. The van der Waals surface area contributed by atoms with Crippen LogP contribution in [0, 0.1) is 0 Å². The molecule has 0 aliphatic rings. The molecule has 3 rings (SSSR count). The number of nitrogens with zero attached hydrogens (tertiary/aromatic N) is 1. The van der Waals surface area contributed by atoms with Crippen molar-refractivity contribution in [2.75, 3.05) is 6.61 Å². The minimum atomic E-state index is -2.89. The summed E-state index contributed by atoms with van der Waals surface area (Å²) in [5.41, 5.74) is 0.643. The van der Waals surface area contributed by atoms with Gasteiger partial charge in [0.25, 0.3) is 0 Å². The van der Waals surface area contributed by atoms with Gasteiger partial charge in [-0.1, -0.05) is 60.7 Å². The van der Waals surface area contributed by atoms with E-state index >= 15 is 0 Å². The van der Waals surface area contributed by atoms with Gasteiger partial charge < -0.3 is 9.30 Å². The molecule has 1 heterocycles. The molecule has 0 N–H and O–H groups in total. The van der Waals surface area contributed by atoms with E-state index in [1.165, 1.54) is 11.3 Å². The number of carbonyl (C=O) groups excluding carboxylic acids is 1. The highest BCUT2D eigenvalue weighted by Crippen LogP contribution is 2.46. The normalized spacial score (nSPS) is 11.2.